The molecule has 2 rings (SSSR count). The Morgan fingerprint density at radius 2 is 2.25 bits per heavy atom. The lowest BCUT2D eigenvalue weighted by Gasteiger charge is -2.31. The number of hydrogen-bond acceptors (Lipinski definition) is 3. The van der Waals surface area contributed by atoms with Crippen molar-refractivity contribution >= 4 is 24.0 Å². The third-order valence-corrected chi connectivity index (χ3v) is 4.78. The van der Waals surface area contributed by atoms with E-state index in [9.17, 15) is 0 Å². The summed E-state index contributed by atoms with van der Waals surface area (Å²) in [5, 5.41) is 2.17. The van der Waals surface area contributed by atoms with Crippen LogP contribution in [0.2, 0.25) is 0 Å². The molecule has 1 aliphatic carbocycles. The minimum atomic E-state index is 0.322. The molecule has 1 aromatic heterocycles. The van der Waals surface area contributed by atoms with Crippen LogP contribution in [0.1, 0.15) is 31.6 Å². The van der Waals surface area contributed by atoms with Crippen LogP contribution in [0.3, 0.4) is 0 Å². The molecule has 1 aromatic rings. The van der Waals surface area contributed by atoms with Gasteiger partial charge in [-0.3, -0.25) is 4.90 Å². The maximum atomic E-state index is 4.45. The SMILES string of the molecule is CC(C)(CS)CN(Cc1cccs1)C1CC1. The molecule has 90 valence electrons. The summed E-state index contributed by atoms with van der Waals surface area (Å²) in [5.41, 5.74) is 0.322. The Kier molecular flexibility index (Phi) is 3.98. The molecule has 0 N–H and O–H groups in total. The maximum absolute atomic E-state index is 4.45. The molecule has 1 fully saturated rings. The topological polar surface area (TPSA) is 3.24 Å². The van der Waals surface area contributed by atoms with Crippen molar-refractivity contribution in [2.45, 2.75) is 39.3 Å². The van der Waals surface area contributed by atoms with Gasteiger partial charge in [0, 0.05) is 24.0 Å². The van der Waals surface area contributed by atoms with Gasteiger partial charge in [0.2, 0.25) is 0 Å². The summed E-state index contributed by atoms with van der Waals surface area (Å²) in [6.07, 6.45) is 2.77. The fourth-order valence-corrected chi connectivity index (χ4v) is 2.79. The molecule has 0 spiro atoms. The molecular weight excluding hydrogens is 234 g/mol. The molecule has 3 heteroatoms. The molecule has 0 saturated heterocycles. The summed E-state index contributed by atoms with van der Waals surface area (Å²) in [6, 6.07) is 5.23. The molecule has 0 bridgehead atoms. The maximum Gasteiger partial charge on any atom is 0.0331 e. The molecule has 0 aliphatic heterocycles. The third-order valence-electron chi connectivity index (χ3n) is 3.06. The van der Waals surface area contributed by atoms with Gasteiger partial charge in [-0.2, -0.15) is 12.6 Å². The monoisotopic (exact) mass is 255 g/mol. The molecule has 0 unspecified atom stereocenters. The zero-order chi connectivity index (χ0) is 11.6. The van der Waals surface area contributed by atoms with Gasteiger partial charge in [0.15, 0.2) is 0 Å². The summed E-state index contributed by atoms with van der Waals surface area (Å²) >= 11 is 6.32. The smallest absolute Gasteiger partial charge is 0.0331 e. The highest BCUT2D eigenvalue weighted by Gasteiger charge is 2.32. The molecule has 1 aliphatic rings. The van der Waals surface area contributed by atoms with Crippen LogP contribution in [0.4, 0.5) is 0 Å². The Labute approximate surface area is 108 Å². The fraction of sp³-hybridized carbons (Fsp3) is 0.692. The van der Waals surface area contributed by atoms with Crippen LogP contribution in [0.25, 0.3) is 0 Å². The van der Waals surface area contributed by atoms with Crippen LogP contribution < -0.4 is 0 Å². The summed E-state index contributed by atoms with van der Waals surface area (Å²) in [4.78, 5) is 4.13. The molecule has 0 radical (unpaired) electrons. The largest absolute Gasteiger partial charge is 0.295 e. The second kappa shape index (κ2) is 5.11. The van der Waals surface area contributed by atoms with Crippen LogP contribution in [-0.4, -0.2) is 23.2 Å². The van der Waals surface area contributed by atoms with Crippen LogP contribution in [0.5, 0.6) is 0 Å². The van der Waals surface area contributed by atoms with Gasteiger partial charge in [-0.25, -0.2) is 0 Å². The van der Waals surface area contributed by atoms with Crippen molar-refractivity contribution in [2.24, 2.45) is 5.41 Å². The Balaban J connectivity index is 1.95. The van der Waals surface area contributed by atoms with Gasteiger partial charge in [-0.05, 0) is 35.5 Å². The predicted molar refractivity (Wildman–Crippen MR) is 75.4 cm³/mol. The number of hydrogen-bond donors (Lipinski definition) is 1. The Hall–Kier alpha value is 0.01000. The lowest BCUT2D eigenvalue weighted by molar-refractivity contribution is 0.180. The molecule has 1 nitrogen and oxygen atoms in total. The van der Waals surface area contributed by atoms with E-state index in [1.807, 2.05) is 11.3 Å². The van der Waals surface area contributed by atoms with Gasteiger partial charge in [0.1, 0.15) is 0 Å². The van der Waals surface area contributed by atoms with Crippen LogP contribution in [0.15, 0.2) is 17.5 Å². The zero-order valence-electron chi connectivity index (χ0n) is 10.1. The number of thiol groups is 1. The van der Waals surface area contributed by atoms with E-state index in [-0.39, 0.29) is 0 Å². The molecular formula is C13H21NS2. The van der Waals surface area contributed by atoms with Crippen molar-refractivity contribution in [1.29, 1.82) is 0 Å². The van der Waals surface area contributed by atoms with Gasteiger partial charge in [0.25, 0.3) is 0 Å². The average Bonchev–Trinajstić information content (AvgIpc) is 2.97. The minimum absolute atomic E-state index is 0.322. The predicted octanol–water partition coefficient (Wildman–Crippen LogP) is 3.67. The summed E-state index contributed by atoms with van der Waals surface area (Å²) < 4.78 is 0. The second-order valence-electron chi connectivity index (χ2n) is 5.54. The van der Waals surface area contributed by atoms with Gasteiger partial charge in [-0.1, -0.05) is 19.9 Å². The quantitative estimate of drug-likeness (QED) is 0.759. The standard InChI is InChI=1S/C13H21NS2/c1-13(2,10-15)9-14(11-5-6-11)8-12-4-3-7-16-12/h3-4,7,11,15H,5-6,8-10H2,1-2H3. The molecule has 0 amide bonds. The van der Waals surface area contributed by atoms with Crippen molar-refractivity contribution in [3.8, 4) is 0 Å². The first-order valence-corrected chi connectivity index (χ1v) is 7.49. The average molecular weight is 255 g/mol. The molecule has 1 saturated carbocycles. The first-order valence-electron chi connectivity index (χ1n) is 5.98. The van der Waals surface area contributed by atoms with Crippen molar-refractivity contribution in [1.82, 2.24) is 4.90 Å². The summed E-state index contributed by atoms with van der Waals surface area (Å²) in [5.74, 6) is 0.959. The zero-order valence-corrected chi connectivity index (χ0v) is 11.9. The minimum Gasteiger partial charge on any atom is -0.295 e. The van der Waals surface area contributed by atoms with Crippen molar-refractivity contribution in [3.63, 3.8) is 0 Å². The van der Waals surface area contributed by atoms with Gasteiger partial charge >= 0.3 is 0 Å². The van der Waals surface area contributed by atoms with E-state index in [2.05, 4.69) is 48.9 Å². The normalized spacial score (nSPS) is 17.0. The van der Waals surface area contributed by atoms with E-state index < -0.39 is 0 Å². The molecule has 0 atom stereocenters. The number of nitrogens with zero attached hydrogens (tertiary/aromatic N) is 1. The van der Waals surface area contributed by atoms with Crippen LogP contribution in [-0.2, 0) is 6.54 Å². The first-order chi connectivity index (χ1) is 7.61. The van der Waals surface area contributed by atoms with Crippen molar-refractivity contribution < 1.29 is 0 Å². The van der Waals surface area contributed by atoms with E-state index in [0.717, 1.165) is 18.3 Å². The Bertz CT molecular complexity index is 315. The van der Waals surface area contributed by atoms with E-state index in [4.69, 9.17) is 0 Å². The first kappa shape index (κ1) is 12.5. The molecule has 16 heavy (non-hydrogen) atoms. The lowest BCUT2D eigenvalue weighted by atomic mass is 9.95. The van der Waals surface area contributed by atoms with Crippen LogP contribution in [0, 0.1) is 5.41 Å². The number of thiophene rings is 1. The third kappa shape index (κ3) is 3.51. The van der Waals surface area contributed by atoms with E-state index in [1.165, 1.54) is 24.3 Å². The van der Waals surface area contributed by atoms with Crippen molar-refractivity contribution in [3.05, 3.63) is 22.4 Å². The number of rotatable bonds is 6. The van der Waals surface area contributed by atoms with E-state index in [1.54, 1.807) is 0 Å². The Morgan fingerprint density at radius 1 is 1.50 bits per heavy atom. The molecule has 0 aromatic carbocycles. The van der Waals surface area contributed by atoms with E-state index in [0.29, 0.717) is 5.41 Å². The Morgan fingerprint density at radius 3 is 2.75 bits per heavy atom. The highest BCUT2D eigenvalue weighted by molar-refractivity contribution is 7.80. The lowest BCUT2D eigenvalue weighted by Crippen LogP contribution is -2.36. The van der Waals surface area contributed by atoms with E-state index >= 15 is 0 Å². The molecule has 1 heterocycles. The van der Waals surface area contributed by atoms with Crippen molar-refractivity contribution in [2.75, 3.05) is 12.3 Å². The second-order valence-corrected chi connectivity index (χ2v) is 6.89. The van der Waals surface area contributed by atoms with Gasteiger partial charge < -0.3 is 0 Å². The van der Waals surface area contributed by atoms with Crippen LogP contribution >= 0.6 is 24.0 Å². The summed E-state index contributed by atoms with van der Waals surface area (Å²) in [6.45, 7) is 6.91. The summed E-state index contributed by atoms with van der Waals surface area (Å²) in [7, 11) is 0. The highest BCUT2D eigenvalue weighted by atomic mass is 32.1. The highest BCUT2D eigenvalue weighted by Crippen LogP contribution is 2.32. The van der Waals surface area contributed by atoms with Gasteiger partial charge in [0.05, 0.1) is 0 Å². The fourth-order valence-electron chi connectivity index (χ4n) is 1.96. The van der Waals surface area contributed by atoms with Gasteiger partial charge in [-0.15, -0.1) is 11.3 Å².